The van der Waals surface area contributed by atoms with E-state index in [1.165, 1.54) is 0 Å². The molecular formula is C36H30N2O4. The normalized spacial score (nSPS) is 23.5. The summed E-state index contributed by atoms with van der Waals surface area (Å²) in [5.41, 5.74) is 4.87. The van der Waals surface area contributed by atoms with E-state index in [1.54, 1.807) is 43.5 Å². The van der Waals surface area contributed by atoms with Crippen molar-refractivity contribution in [3.8, 4) is 5.75 Å². The summed E-state index contributed by atoms with van der Waals surface area (Å²) in [5, 5.41) is 3.09. The van der Waals surface area contributed by atoms with Gasteiger partial charge in [0.25, 0.3) is 0 Å². The second-order valence-electron chi connectivity index (χ2n) is 11.3. The first kappa shape index (κ1) is 26.0. The first-order chi connectivity index (χ1) is 20.4. The van der Waals surface area contributed by atoms with Crippen LogP contribution in [0.4, 0.5) is 11.4 Å². The molecule has 208 valence electrons. The predicted octanol–water partition coefficient (Wildman–Crippen LogP) is 6.25. The minimum atomic E-state index is -1.35. The van der Waals surface area contributed by atoms with E-state index in [1.807, 2.05) is 73.3 Å². The second kappa shape index (κ2) is 9.55. The Balaban J connectivity index is 1.56. The number of nitrogens with one attached hydrogen (secondary N) is 1. The van der Waals surface area contributed by atoms with Gasteiger partial charge in [0.2, 0.25) is 5.91 Å². The fourth-order valence-corrected chi connectivity index (χ4v) is 7.28. The number of ketones is 2. The molecule has 7 rings (SSSR count). The fourth-order valence-electron chi connectivity index (χ4n) is 7.28. The Morgan fingerprint density at radius 1 is 0.833 bits per heavy atom. The van der Waals surface area contributed by atoms with Crippen LogP contribution in [0.5, 0.6) is 5.75 Å². The Bertz CT molecular complexity index is 1810. The zero-order valence-electron chi connectivity index (χ0n) is 23.6. The van der Waals surface area contributed by atoms with Crippen LogP contribution in [-0.2, 0) is 10.2 Å². The zero-order valence-corrected chi connectivity index (χ0v) is 23.6. The number of amides is 1. The average molecular weight is 555 g/mol. The van der Waals surface area contributed by atoms with Crippen LogP contribution < -0.4 is 15.0 Å². The number of Topliss-reactive ketones (excluding diaryl/α,β-unsaturated/α-hetero) is 2. The van der Waals surface area contributed by atoms with Crippen LogP contribution in [0, 0.1) is 12.8 Å². The van der Waals surface area contributed by atoms with Crippen molar-refractivity contribution in [2.75, 3.05) is 17.3 Å². The van der Waals surface area contributed by atoms with Gasteiger partial charge in [0, 0.05) is 28.1 Å². The average Bonchev–Trinajstić information content (AvgIpc) is 3.49. The van der Waals surface area contributed by atoms with Gasteiger partial charge >= 0.3 is 0 Å². The summed E-state index contributed by atoms with van der Waals surface area (Å²) < 4.78 is 5.45. The van der Waals surface area contributed by atoms with Gasteiger partial charge in [-0.3, -0.25) is 14.4 Å². The number of methoxy groups -OCH3 is 1. The molecule has 1 saturated heterocycles. The maximum Gasteiger partial charge on any atom is 0.238 e. The number of benzene rings is 4. The Labute approximate surface area is 244 Å². The van der Waals surface area contributed by atoms with Gasteiger partial charge in [-0.25, -0.2) is 0 Å². The molecule has 3 aliphatic heterocycles. The molecule has 0 radical (unpaired) electrons. The number of allylic oxidation sites excluding steroid dienone is 1. The van der Waals surface area contributed by atoms with Crippen LogP contribution >= 0.6 is 0 Å². The standard InChI is InChI=1S/C36H30N2O4/c1-21-16-17-29-26(18-21)22(2)19-30-36(27-14-7-8-15-28(27)37-35(36)41)31(33(39)24-12-9-13-25(20-24)42-3)32(38(29)30)34(40)23-10-5-4-6-11-23/h4-20,30-32H,1-3H3,(H,37,41)/t30-,31-,32+,36-/m1/s1. The molecule has 1 spiro atoms. The van der Waals surface area contributed by atoms with Crippen LogP contribution in [0.2, 0.25) is 0 Å². The van der Waals surface area contributed by atoms with Crippen molar-refractivity contribution in [3.63, 3.8) is 0 Å². The highest BCUT2D eigenvalue weighted by Gasteiger charge is 2.70. The van der Waals surface area contributed by atoms with Crippen LogP contribution in [0.3, 0.4) is 0 Å². The highest BCUT2D eigenvalue weighted by molar-refractivity contribution is 6.18. The highest BCUT2D eigenvalue weighted by Crippen LogP contribution is 2.59. The number of hydrogen-bond donors (Lipinski definition) is 1. The lowest BCUT2D eigenvalue weighted by Crippen LogP contribution is -2.51. The molecule has 0 unspecified atom stereocenters. The second-order valence-corrected chi connectivity index (χ2v) is 11.3. The van der Waals surface area contributed by atoms with Gasteiger partial charge in [-0.2, -0.15) is 0 Å². The lowest BCUT2D eigenvalue weighted by Gasteiger charge is -2.39. The lowest BCUT2D eigenvalue weighted by molar-refractivity contribution is -0.121. The van der Waals surface area contributed by atoms with Crippen molar-refractivity contribution in [2.24, 2.45) is 5.92 Å². The fraction of sp³-hybridized carbons (Fsp3) is 0.194. The third-order valence-electron chi connectivity index (χ3n) is 9.10. The molecule has 6 nitrogen and oxygen atoms in total. The smallest absolute Gasteiger partial charge is 0.238 e. The van der Waals surface area contributed by atoms with E-state index in [0.29, 0.717) is 22.6 Å². The van der Waals surface area contributed by atoms with Crippen LogP contribution in [0.25, 0.3) is 5.57 Å². The quantitative estimate of drug-likeness (QED) is 0.295. The molecule has 6 heteroatoms. The topological polar surface area (TPSA) is 75.7 Å². The third-order valence-corrected chi connectivity index (χ3v) is 9.10. The molecule has 3 heterocycles. The van der Waals surface area contributed by atoms with Gasteiger partial charge in [0.05, 0.1) is 19.1 Å². The molecule has 3 aliphatic rings. The molecule has 1 amide bonds. The van der Waals surface area contributed by atoms with Crippen LogP contribution in [0.1, 0.15) is 44.3 Å². The molecule has 4 atom stereocenters. The molecule has 4 aromatic rings. The third kappa shape index (κ3) is 3.54. The van der Waals surface area contributed by atoms with Crippen molar-refractivity contribution in [1.29, 1.82) is 0 Å². The summed E-state index contributed by atoms with van der Waals surface area (Å²) in [4.78, 5) is 46.2. The SMILES string of the molecule is COc1cccc(C(=O)[C@H]2[C@@H](C(=O)c3ccccc3)N3c4ccc(C)cc4C(C)=C[C@@H]3[C@@]23C(=O)Nc2ccccc23)c1. The molecule has 0 bridgehead atoms. The number of carbonyl (C=O) groups is 3. The molecule has 0 aliphatic carbocycles. The number of rotatable bonds is 5. The number of nitrogens with zero attached hydrogens (tertiary/aromatic N) is 1. The summed E-state index contributed by atoms with van der Waals surface area (Å²) >= 11 is 0. The first-order valence-corrected chi connectivity index (χ1v) is 14.1. The number of para-hydroxylation sites is 1. The number of fused-ring (bicyclic) bond motifs is 6. The lowest BCUT2D eigenvalue weighted by atomic mass is 9.64. The van der Waals surface area contributed by atoms with Gasteiger partial charge < -0.3 is 15.0 Å². The highest BCUT2D eigenvalue weighted by atomic mass is 16.5. The largest absolute Gasteiger partial charge is 0.497 e. The van der Waals surface area contributed by atoms with Gasteiger partial charge in [0.1, 0.15) is 17.2 Å². The van der Waals surface area contributed by atoms with Crippen LogP contribution in [-0.4, -0.2) is 36.7 Å². The summed E-state index contributed by atoms with van der Waals surface area (Å²) in [6.07, 6.45) is 2.08. The molecular weight excluding hydrogens is 524 g/mol. The number of carbonyl (C=O) groups excluding carboxylic acids is 3. The van der Waals surface area contributed by atoms with Gasteiger partial charge in [-0.15, -0.1) is 0 Å². The zero-order chi connectivity index (χ0) is 29.2. The van der Waals surface area contributed by atoms with Gasteiger partial charge in [-0.1, -0.05) is 78.4 Å². The van der Waals surface area contributed by atoms with E-state index >= 15 is 0 Å². The number of aryl methyl sites for hydroxylation is 1. The molecule has 42 heavy (non-hydrogen) atoms. The summed E-state index contributed by atoms with van der Waals surface area (Å²) in [5.74, 6) is -1.24. The number of hydrogen-bond acceptors (Lipinski definition) is 5. The Hall–Kier alpha value is -4.97. The van der Waals surface area contributed by atoms with Gasteiger partial charge in [-0.05, 0) is 55.3 Å². The number of ether oxygens (including phenoxy) is 1. The minimum absolute atomic E-state index is 0.199. The van der Waals surface area contributed by atoms with Crippen molar-refractivity contribution < 1.29 is 19.1 Å². The molecule has 1 N–H and O–H groups in total. The van der Waals surface area contributed by atoms with Crippen LogP contribution in [0.15, 0.2) is 103 Å². The molecule has 0 aromatic heterocycles. The molecule has 1 fully saturated rings. The Morgan fingerprint density at radius 3 is 2.36 bits per heavy atom. The van der Waals surface area contributed by atoms with E-state index in [2.05, 4.69) is 17.5 Å². The summed E-state index contributed by atoms with van der Waals surface area (Å²) in [6, 6.07) is 28.2. The monoisotopic (exact) mass is 554 g/mol. The van der Waals surface area contributed by atoms with E-state index in [9.17, 15) is 14.4 Å². The van der Waals surface area contributed by atoms with E-state index in [-0.39, 0.29) is 17.5 Å². The maximum absolute atomic E-state index is 14.9. The van der Waals surface area contributed by atoms with Crippen molar-refractivity contribution in [2.45, 2.75) is 31.3 Å². The molecule has 4 aromatic carbocycles. The van der Waals surface area contributed by atoms with Crippen molar-refractivity contribution in [1.82, 2.24) is 0 Å². The summed E-state index contributed by atoms with van der Waals surface area (Å²) in [6.45, 7) is 4.07. The predicted molar refractivity (Wildman–Crippen MR) is 163 cm³/mol. The van der Waals surface area contributed by atoms with Gasteiger partial charge in [0.15, 0.2) is 11.6 Å². The van der Waals surface area contributed by atoms with E-state index < -0.39 is 23.4 Å². The van der Waals surface area contributed by atoms with E-state index in [0.717, 1.165) is 28.0 Å². The van der Waals surface area contributed by atoms with E-state index in [4.69, 9.17) is 4.74 Å². The molecule has 0 saturated carbocycles. The Kier molecular flexibility index (Phi) is 5.91. The van der Waals surface area contributed by atoms with Crippen molar-refractivity contribution in [3.05, 3.63) is 131 Å². The maximum atomic E-state index is 14.9. The number of anilines is 2. The van der Waals surface area contributed by atoms with Crippen molar-refractivity contribution >= 4 is 34.4 Å². The summed E-state index contributed by atoms with van der Waals surface area (Å²) in [7, 11) is 1.55. The first-order valence-electron chi connectivity index (χ1n) is 14.1. The Morgan fingerprint density at radius 2 is 1.57 bits per heavy atom. The minimum Gasteiger partial charge on any atom is -0.497 e.